The van der Waals surface area contributed by atoms with E-state index in [1.165, 1.54) is 0 Å². The van der Waals surface area contributed by atoms with Crippen LogP contribution in [0.1, 0.15) is 11.5 Å². The number of furan rings is 1. The van der Waals surface area contributed by atoms with Crippen LogP contribution in [0.2, 0.25) is 0 Å². The number of ether oxygens (including phenoxy) is 1. The molecule has 1 aliphatic rings. The Morgan fingerprint density at radius 3 is 2.62 bits per heavy atom. The van der Waals surface area contributed by atoms with Crippen molar-refractivity contribution in [3.63, 3.8) is 0 Å². The Labute approximate surface area is 224 Å². The van der Waals surface area contributed by atoms with E-state index in [1.54, 1.807) is 11.8 Å². The van der Waals surface area contributed by atoms with Gasteiger partial charge in [0.2, 0.25) is 5.91 Å². The van der Waals surface area contributed by atoms with Gasteiger partial charge in [-0.15, -0.1) is 5.10 Å². The van der Waals surface area contributed by atoms with Crippen LogP contribution in [0.25, 0.3) is 11.3 Å². The molecule has 1 fully saturated rings. The number of hydrogen-bond donors (Lipinski definition) is 1. The standard InChI is InChI=1S/C27H29BrN6O3/c1-36-26-5-3-2-4-24(26)33-14-12-32(13-15-33)17-22-18-34(31-30-22)19-27(35)29-16-23-10-11-25(37-23)20-6-8-21(28)9-7-20/h2-11,18H,12-17,19H2,1H3,(H,29,35). The second kappa shape index (κ2) is 11.6. The predicted molar refractivity (Wildman–Crippen MR) is 144 cm³/mol. The van der Waals surface area contributed by atoms with Gasteiger partial charge in [0.15, 0.2) is 0 Å². The molecular formula is C27H29BrN6O3. The summed E-state index contributed by atoms with van der Waals surface area (Å²) in [5.41, 5.74) is 2.96. The van der Waals surface area contributed by atoms with Gasteiger partial charge in [0.05, 0.1) is 31.2 Å². The molecule has 192 valence electrons. The fourth-order valence-corrected chi connectivity index (χ4v) is 4.65. The third-order valence-corrected chi connectivity index (χ3v) is 6.85. The smallest absolute Gasteiger partial charge is 0.242 e. The molecular weight excluding hydrogens is 536 g/mol. The summed E-state index contributed by atoms with van der Waals surface area (Å²) in [7, 11) is 1.71. The number of halogens is 1. The van der Waals surface area contributed by atoms with Gasteiger partial charge in [-0.2, -0.15) is 0 Å². The van der Waals surface area contributed by atoms with E-state index in [0.717, 1.165) is 59.1 Å². The number of hydrogen-bond acceptors (Lipinski definition) is 7. The van der Waals surface area contributed by atoms with E-state index in [9.17, 15) is 4.79 Å². The topological polar surface area (TPSA) is 88.7 Å². The average molecular weight is 565 g/mol. The number of carbonyl (C=O) groups excluding carboxylic acids is 1. The minimum absolute atomic E-state index is 0.106. The van der Waals surface area contributed by atoms with E-state index in [0.29, 0.717) is 18.8 Å². The van der Waals surface area contributed by atoms with Crippen molar-refractivity contribution in [2.45, 2.75) is 19.6 Å². The number of methoxy groups -OCH3 is 1. The molecule has 3 heterocycles. The Bertz CT molecular complexity index is 1330. The number of para-hydroxylation sites is 2. The zero-order chi connectivity index (χ0) is 25.6. The predicted octanol–water partition coefficient (Wildman–Crippen LogP) is 3.95. The summed E-state index contributed by atoms with van der Waals surface area (Å²) in [6, 6.07) is 19.8. The van der Waals surface area contributed by atoms with Crippen molar-refractivity contribution < 1.29 is 13.9 Å². The van der Waals surface area contributed by atoms with Crippen molar-refractivity contribution in [1.29, 1.82) is 0 Å². The molecule has 10 heteroatoms. The summed E-state index contributed by atoms with van der Waals surface area (Å²) < 4.78 is 14.0. The lowest BCUT2D eigenvalue weighted by atomic mass is 10.2. The third-order valence-electron chi connectivity index (χ3n) is 6.33. The van der Waals surface area contributed by atoms with E-state index >= 15 is 0 Å². The van der Waals surface area contributed by atoms with Crippen LogP contribution in [-0.4, -0.2) is 59.1 Å². The lowest BCUT2D eigenvalue weighted by Gasteiger charge is -2.36. The summed E-state index contributed by atoms with van der Waals surface area (Å²) in [6.45, 7) is 4.77. The Morgan fingerprint density at radius 2 is 1.84 bits per heavy atom. The molecule has 0 saturated carbocycles. The van der Waals surface area contributed by atoms with Gasteiger partial charge in [-0.25, -0.2) is 4.68 Å². The normalized spacial score (nSPS) is 14.1. The van der Waals surface area contributed by atoms with E-state index in [1.807, 2.05) is 60.8 Å². The SMILES string of the molecule is COc1ccccc1N1CCN(Cc2cn(CC(=O)NCc3ccc(-c4ccc(Br)cc4)o3)nn2)CC1. The highest BCUT2D eigenvalue weighted by Crippen LogP contribution is 2.28. The van der Waals surface area contributed by atoms with Gasteiger partial charge in [0.1, 0.15) is 23.8 Å². The van der Waals surface area contributed by atoms with Crippen LogP contribution in [0.3, 0.4) is 0 Å². The number of piperazine rings is 1. The lowest BCUT2D eigenvalue weighted by molar-refractivity contribution is -0.122. The molecule has 0 atom stereocenters. The summed E-state index contributed by atoms with van der Waals surface area (Å²) >= 11 is 3.43. The maximum Gasteiger partial charge on any atom is 0.242 e. The number of nitrogens with one attached hydrogen (secondary N) is 1. The Morgan fingerprint density at radius 1 is 1.05 bits per heavy atom. The fraction of sp³-hybridized carbons (Fsp3) is 0.296. The number of carbonyl (C=O) groups is 1. The van der Waals surface area contributed by atoms with Gasteiger partial charge in [0.25, 0.3) is 0 Å². The first-order chi connectivity index (χ1) is 18.1. The lowest BCUT2D eigenvalue weighted by Crippen LogP contribution is -2.46. The molecule has 2 aromatic heterocycles. The van der Waals surface area contributed by atoms with Gasteiger partial charge in [-0.1, -0.05) is 45.4 Å². The van der Waals surface area contributed by atoms with E-state index in [4.69, 9.17) is 9.15 Å². The minimum Gasteiger partial charge on any atom is -0.495 e. The van der Waals surface area contributed by atoms with Crippen LogP contribution < -0.4 is 15.0 Å². The molecule has 0 unspecified atom stereocenters. The molecule has 37 heavy (non-hydrogen) atoms. The van der Waals surface area contributed by atoms with Crippen molar-refractivity contribution in [1.82, 2.24) is 25.2 Å². The largest absolute Gasteiger partial charge is 0.495 e. The number of aromatic nitrogens is 3. The van der Waals surface area contributed by atoms with Crippen LogP contribution in [0.4, 0.5) is 5.69 Å². The highest BCUT2D eigenvalue weighted by Gasteiger charge is 2.20. The molecule has 0 aliphatic carbocycles. The zero-order valence-corrected chi connectivity index (χ0v) is 22.2. The molecule has 1 saturated heterocycles. The number of rotatable bonds is 9. The van der Waals surface area contributed by atoms with E-state index in [2.05, 4.69) is 47.4 Å². The number of nitrogens with zero attached hydrogens (tertiary/aromatic N) is 5. The highest BCUT2D eigenvalue weighted by molar-refractivity contribution is 9.10. The zero-order valence-electron chi connectivity index (χ0n) is 20.6. The molecule has 2 aromatic carbocycles. The fourth-order valence-electron chi connectivity index (χ4n) is 4.39. The van der Waals surface area contributed by atoms with Crippen LogP contribution in [0.15, 0.2) is 75.8 Å². The van der Waals surface area contributed by atoms with Crippen molar-refractivity contribution in [2.24, 2.45) is 0 Å². The summed E-state index contributed by atoms with van der Waals surface area (Å²) in [5.74, 6) is 2.21. The Balaban J connectivity index is 1.07. The first kappa shape index (κ1) is 25.0. The van der Waals surface area contributed by atoms with Crippen molar-refractivity contribution >= 4 is 27.5 Å². The second-order valence-electron chi connectivity index (χ2n) is 8.89. The van der Waals surface area contributed by atoms with Crippen molar-refractivity contribution in [3.05, 3.63) is 82.8 Å². The van der Waals surface area contributed by atoms with Crippen LogP contribution >= 0.6 is 15.9 Å². The van der Waals surface area contributed by atoms with Crippen molar-refractivity contribution in [3.8, 4) is 17.1 Å². The number of amides is 1. The molecule has 1 amide bonds. The van der Waals surface area contributed by atoms with Gasteiger partial charge < -0.3 is 19.4 Å². The summed E-state index contributed by atoms with van der Waals surface area (Å²) in [4.78, 5) is 17.1. The van der Waals surface area contributed by atoms with Crippen LogP contribution in [0, 0.1) is 0 Å². The van der Waals surface area contributed by atoms with Gasteiger partial charge in [-0.3, -0.25) is 9.69 Å². The average Bonchev–Trinajstić information content (AvgIpc) is 3.58. The van der Waals surface area contributed by atoms with Gasteiger partial charge >= 0.3 is 0 Å². The first-order valence-corrected chi connectivity index (χ1v) is 13.0. The number of anilines is 1. The Kier molecular flexibility index (Phi) is 7.86. The number of benzene rings is 2. The maximum atomic E-state index is 12.4. The molecule has 1 N–H and O–H groups in total. The summed E-state index contributed by atoms with van der Waals surface area (Å²) in [5, 5.41) is 11.3. The molecule has 0 spiro atoms. The van der Waals surface area contributed by atoms with Crippen LogP contribution in [-0.2, 0) is 24.4 Å². The second-order valence-corrected chi connectivity index (χ2v) is 9.81. The third kappa shape index (κ3) is 6.39. The quantitative estimate of drug-likeness (QED) is 0.329. The highest BCUT2D eigenvalue weighted by atomic mass is 79.9. The van der Waals surface area contributed by atoms with E-state index < -0.39 is 0 Å². The molecule has 1 aliphatic heterocycles. The van der Waals surface area contributed by atoms with E-state index in [-0.39, 0.29) is 12.5 Å². The van der Waals surface area contributed by atoms with Crippen molar-refractivity contribution in [2.75, 3.05) is 38.2 Å². The van der Waals surface area contributed by atoms with Crippen LogP contribution in [0.5, 0.6) is 5.75 Å². The summed E-state index contributed by atoms with van der Waals surface area (Å²) in [6.07, 6.45) is 1.84. The molecule has 9 nitrogen and oxygen atoms in total. The molecule has 0 radical (unpaired) electrons. The van der Waals surface area contributed by atoms with Gasteiger partial charge in [0, 0.05) is 42.8 Å². The maximum absolute atomic E-state index is 12.4. The minimum atomic E-state index is -0.150. The molecule has 5 rings (SSSR count). The Hall–Kier alpha value is -3.63. The van der Waals surface area contributed by atoms with Gasteiger partial charge in [-0.05, 0) is 36.4 Å². The monoisotopic (exact) mass is 564 g/mol. The first-order valence-electron chi connectivity index (χ1n) is 12.2. The molecule has 0 bridgehead atoms. The molecule has 4 aromatic rings.